The number of hydrogen-bond acceptors (Lipinski definition) is 3. The molecule has 3 rings (SSSR count). The van der Waals surface area contributed by atoms with E-state index in [0.29, 0.717) is 6.54 Å². The minimum Gasteiger partial charge on any atom is -0.493 e. The molecule has 4 heteroatoms. The van der Waals surface area contributed by atoms with Crippen LogP contribution in [0.25, 0.3) is 0 Å². The zero-order chi connectivity index (χ0) is 13.5. The monoisotopic (exact) mass is 261 g/mol. The predicted octanol–water partition coefficient (Wildman–Crippen LogP) is 1.92. The Morgan fingerprint density at radius 3 is 3.11 bits per heavy atom. The lowest BCUT2D eigenvalue weighted by Crippen LogP contribution is -2.31. The fraction of sp³-hybridized carbons (Fsp3) is 0.533. The van der Waals surface area contributed by atoms with Gasteiger partial charge in [0.1, 0.15) is 5.75 Å². The number of carboxylic acid groups (broad SMARTS) is 1. The molecule has 2 aliphatic heterocycles. The molecule has 4 nitrogen and oxygen atoms in total. The van der Waals surface area contributed by atoms with Gasteiger partial charge in [0.2, 0.25) is 0 Å². The maximum Gasteiger partial charge on any atom is 0.310 e. The van der Waals surface area contributed by atoms with Crippen LogP contribution in [0.5, 0.6) is 5.75 Å². The third kappa shape index (κ3) is 2.32. The molecule has 1 unspecified atom stereocenters. The highest BCUT2D eigenvalue weighted by atomic mass is 16.5. The van der Waals surface area contributed by atoms with Crippen molar-refractivity contribution in [2.45, 2.75) is 26.3 Å². The summed E-state index contributed by atoms with van der Waals surface area (Å²) in [6.07, 6.45) is 1.71. The van der Waals surface area contributed by atoms with Crippen molar-refractivity contribution in [2.75, 3.05) is 19.7 Å². The van der Waals surface area contributed by atoms with Gasteiger partial charge in [-0.05, 0) is 37.1 Å². The predicted molar refractivity (Wildman–Crippen MR) is 71.3 cm³/mol. The van der Waals surface area contributed by atoms with Crippen LogP contribution in [0.2, 0.25) is 0 Å². The van der Waals surface area contributed by atoms with E-state index in [0.717, 1.165) is 38.3 Å². The Kier molecular flexibility index (Phi) is 2.97. The quantitative estimate of drug-likeness (QED) is 0.903. The number of hydrogen-bond donors (Lipinski definition) is 1. The fourth-order valence-electron chi connectivity index (χ4n) is 2.96. The molecule has 102 valence electrons. The summed E-state index contributed by atoms with van der Waals surface area (Å²) in [5.41, 5.74) is 1.94. The molecular formula is C15H19NO3. The Bertz CT molecular complexity index is 514. The van der Waals surface area contributed by atoms with Crippen LogP contribution in [0.15, 0.2) is 18.2 Å². The first-order valence-corrected chi connectivity index (χ1v) is 6.77. The molecule has 1 aromatic rings. The molecule has 0 bridgehead atoms. The number of benzene rings is 1. The number of fused-ring (bicyclic) bond motifs is 1. The van der Waals surface area contributed by atoms with Gasteiger partial charge in [-0.15, -0.1) is 0 Å². The number of nitrogens with zero attached hydrogens (tertiary/aromatic N) is 1. The number of carboxylic acids is 1. The molecule has 1 atom stereocenters. The van der Waals surface area contributed by atoms with E-state index < -0.39 is 11.4 Å². The van der Waals surface area contributed by atoms with Gasteiger partial charge in [0, 0.05) is 19.5 Å². The summed E-state index contributed by atoms with van der Waals surface area (Å²) < 4.78 is 5.50. The summed E-state index contributed by atoms with van der Waals surface area (Å²) in [5.74, 6) is 0.317. The Morgan fingerprint density at radius 1 is 1.53 bits per heavy atom. The summed E-state index contributed by atoms with van der Waals surface area (Å²) in [7, 11) is 0. The summed E-state index contributed by atoms with van der Waals surface area (Å²) in [6, 6.07) is 6.31. The lowest BCUT2D eigenvalue weighted by molar-refractivity contribution is -0.147. The van der Waals surface area contributed by atoms with E-state index >= 15 is 0 Å². The first-order chi connectivity index (χ1) is 9.07. The molecule has 0 saturated carbocycles. The molecule has 0 aliphatic carbocycles. The van der Waals surface area contributed by atoms with Crippen molar-refractivity contribution in [2.24, 2.45) is 5.41 Å². The Morgan fingerprint density at radius 2 is 2.37 bits per heavy atom. The van der Waals surface area contributed by atoms with E-state index in [-0.39, 0.29) is 0 Å². The van der Waals surface area contributed by atoms with E-state index in [2.05, 4.69) is 17.0 Å². The highest BCUT2D eigenvalue weighted by Gasteiger charge is 2.40. The fourth-order valence-corrected chi connectivity index (χ4v) is 2.96. The number of ether oxygens (including phenoxy) is 1. The van der Waals surface area contributed by atoms with Crippen LogP contribution in [-0.4, -0.2) is 35.7 Å². The number of aliphatic carboxylic acids is 1. The highest BCUT2D eigenvalue weighted by molar-refractivity contribution is 5.74. The largest absolute Gasteiger partial charge is 0.493 e. The van der Waals surface area contributed by atoms with Gasteiger partial charge in [-0.25, -0.2) is 0 Å². The molecule has 0 spiro atoms. The van der Waals surface area contributed by atoms with Crippen LogP contribution in [0.3, 0.4) is 0 Å². The van der Waals surface area contributed by atoms with E-state index in [1.165, 1.54) is 11.1 Å². The summed E-state index contributed by atoms with van der Waals surface area (Å²) in [4.78, 5) is 13.5. The van der Waals surface area contributed by atoms with Crippen LogP contribution in [0.4, 0.5) is 0 Å². The van der Waals surface area contributed by atoms with E-state index in [1.807, 2.05) is 13.0 Å². The smallest absolute Gasteiger partial charge is 0.310 e. The van der Waals surface area contributed by atoms with E-state index in [4.69, 9.17) is 4.74 Å². The van der Waals surface area contributed by atoms with Crippen LogP contribution >= 0.6 is 0 Å². The van der Waals surface area contributed by atoms with Crippen molar-refractivity contribution in [3.8, 4) is 5.75 Å². The average Bonchev–Trinajstić information content (AvgIpc) is 2.96. The van der Waals surface area contributed by atoms with E-state index in [1.54, 1.807) is 0 Å². The van der Waals surface area contributed by atoms with Crippen molar-refractivity contribution < 1.29 is 14.6 Å². The van der Waals surface area contributed by atoms with Crippen LogP contribution < -0.4 is 4.74 Å². The Labute approximate surface area is 113 Å². The SMILES string of the molecule is CC1(C(=O)O)CCN(Cc2ccc3c(c2)CCO3)C1. The normalized spacial score (nSPS) is 26.2. The van der Waals surface area contributed by atoms with Gasteiger partial charge >= 0.3 is 5.97 Å². The van der Waals surface area contributed by atoms with Crippen molar-refractivity contribution in [3.05, 3.63) is 29.3 Å². The van der Waals surface area contributed by atoms with Crippen molar-refractivity contribution in [1.82, 2.24) is 4.90 Å². The first kappa shape index (κ1) is 12.5. The molecular weight excluding hydrogens is 242 g/mol. The van der Waals surface area contributed by atoms with Gasteiger partial charge in [-0.3, -0.25) is 9.69 Å². The Hall–Kier alpha value is -1.55. The lowest BCUT2D eigenvalue weighted by Gasteiger charge is -2.20. The number of likely N-dealkylation sites (tertiary alicyclic amines) is 1. The third-order valence-corrected chi connectivity index (χ3v) is 4.23. The molecule has 1 N–H and O–H groups in total. The maximum absolute atomic E-state index is 11.2. The molecule has 0 aromatic heterocycles. The molecule has 1 aromatic carbocycles. The standard InChI is InChI=1S/C15H19NO3/c1-15(14(17)18)5-6-16(10-15)9-11-2-3-13-12(8-11)4-7-19-13/h2-3,8H,4-7,9-10H2,1H3,(H,17,18). The van der Waals surface area contributed by atoms with Crippen LogP contribution in [0.1, 0.15) is 24.5 Å². The number of carbonyl (C=O) groups is 1. The summed E-state index contributed by atoms with van der Waals surface area (Å²) in [6.45, 7) is 4.94. The minimum atomic E-state index is -0.683. The minimum absolute atomic E-state index is 0.583. The molecule has 1 fully saturated rings. The van der Waals surface area contributed by atoms with Gasteiger partial charge in [-0.1, -0.05) is 12.1 Å². The third-order valence-electron chi connectivity index (χ3n) is 4.23. The molecule has 2 heterocycles. The van der Waals surface area contributed by atoms with Gasteiger partial charge in [-0.2, -0.15) is 0 Å². The topological polar surface area (TPSA) is 49.8 Å². The molecule has 0 radical (unpaired) electrons. The highest BCUT2D eigenvalue weighted by Crippen LogP contribution is 2.32. The van der Waals surface area contributed by atoms with Crippen LogP contribution in [-0.2, 0) is 17.8 Å². The second-order valence-corrected chi connectivity index (χ2v) is 5.87. The van der Waals surface area contributed by atoms with Crippen molar-refractivity contribution >= 4 is 5.97 Å². The van der Waals surface area contributed by atoms with Crippen molar-refractivity contribution in [1.29, 1.82) is 0 Å². The second-order valence-electron chi connectivity index (χ2n) is 5.87. The van der Waals surface area contributed by atoms with Gasteiger partial charge in [0.05, 0.1) is 12.0 Å². The van der Waals surface area contributed by atoms with Gasteiger partial charge < -0.3 is 9.84 Å². The average molecular weight is 261 g/mol. The van der Waals surface area contributed by atoms with Gasteiger partial charge in [0.15, 0.2) is 0 Å². The molecule has 19 heavy (non-hydrogen) atoms. The zero-order valence-corrected chi connectivity index (χ0v) is 11.2. The van der Waals surface area contributed by atoms with Crippen LogP contribution in [0, 0.1) is 5.41 Å². The number of rotatable bonds is 3. The Balaban J connectivity index is 1.68. The molecule has 1 saturated heterocycles. The van der Waals surface area contributed by atoms with Crippen molar-refractivity contribution in [3.63, 3.8) is 0 Å². The van der Waals surface area contributed by atoms with E-state index in [9.17, 15) is 9.90 Å². The summed E-state index contributed by atoms with van der Waals surface area (Å²) >= 11 is 0. The first-order valence-electron chi connectivity index (χ1n) is 6.77. The molecule has 0 amide bonds. The van der Waals surface area contributed by atoms with Gasteiger partial charge in [0.25, 0.3) is 0 Å². The molecule has 2 aliphatic rings. The lowest BCUT2D eigenvalue weighted by atomic mass is 9.90. The summed E-state index contributed by atoms with van der Waals surface area (Å²) in [5, 5.41) is 9.24. The zero-order valence-electron chi connectivity index (χ0n) is 11.2. The maximum atomic E-state index is 11.2. The second kappa shape index (κ2) is 4.53.